The van der Waals surface area contributed by atoms with Crippen molar-refractivity contribution in [2.45, 2.75) is 12.6 Å². The molecule has 136 valence electrons. The molecule has 26 heavy (non-hydrogen) atoms. The second kappa shape index (κ2) is 8.16. The van der Waals surface area contributed by atoms with Crippen LogP contribution in [0.2, 0.25) is 0 Å². The molecule has 0 saturated heterocycles. The van der Waals surface area contributed by atoms with Crippen molar-refractivity contribution in [2.24, 2.45) is 0 Å². The monoisotopic (exact) mass is 371 g/mol. The van der Waals surface area contributed by atoms with Gasteiger partial charge in [-0.2, -0.15) is 0 Å². The summed E-state index contributed by atoms with van der Waals surface area (Å²) in [6, 6.07) is 13.0. The van der Waals surface area contributed by atoms with Gasteiger partial charge in [-0.1, -0.05) is 36.4 Å². The second-order valence-corrected chi connectivity index (χ2v) is 7.07. The van der Waals surface area contributed by atoms with E-state index in [1.807, 2.05) is 59.8 Å². The molecular formula is C19H21N3O3S. The molecule has 0 saturated carbocycles. The highest BCUT2D eigenvalue weighted by molar-refractivity contribution is 7.10. The smallest absolute Gasteiger partial charge is 0.338 e. The lowest BCUT2D eigenvalue weighted by Crippen LogP contribution is -2.47. The van der Waals surface area contributed by atoms with Gasteiger partial charge in [-0.25, -0.2) is 9.59 Å². The molecule has 6 nitrogen and oxygen atoms in total. The van der Waals surface area contributed by atoms with Crippen molar-refractivity contribution in [3.05, 3.63) is 69.6 Å². The summed E-state index contributed by atoms with van der Waals surface area (Å²) < 4.78 is 4.98. The Morgan fingerprint density at radius 3 is 2.62 bits per heavy atom. The van der Waals surface area contributed by atoms with Crippen molar-refractivity contribution in [3.8, 4) is 0 Å². The lowest BCUT2D eigenvalue weighted by Gasteiger charge is -2.30. The number of urea groups is 1. The van der Waals surface area contributed by atoms with E-state index in [9.17, 15) is 9.59 Å². The van der Waals surface area contributed by atoms with Crippen LogP contribution in [0.4, 0.5) is 4.79 Å². The number of carbonyl (C=O) groups excluding carboxylic acids is 2. The Morgan fingerprint density at radius 1 is 1.19 bits per heavy atom. The van der Waals surface area contributed by atoms with E-state index in [0.29, 0.717) is 24.4 Å². The third kappa shape index (κ3) is 4.12. The molecule has 2 amide bonds. The maximum absolute atomic E-state index is 12.4. The van der Waals surface area contributed by atoms with E-state index in [-0.39, 0.29) is 6.03 Å². The highest BCUT2D eigenvalue weighted by Crippen LogP contribution is 2.30. The van der Waals surface area contributed by atoms with Gasteiger partial charge in [-0.05, 0) is 24.1 Å². The van der Waals surface area contributed by atoms with Crippen LogP contribution in [0.15, 0.2) is 59.1 Å². The Hall–Kier alpha value is -2.64. The quantitative estimate of drug-likeness (QED) is 0.766. The van der Waals surface area contributed by atoms with Crippen molar-refractivity contribution in [1.29, 1.82) is 0 Å². The number of ether oxygens (including phenoxy) is 1. The van der Waals surface area contributed by atoms with Gasteiger partial charge in [0.05, 0.1) is 18.7 Å². The molecule has 1 aromatic heterocycles. The first kappa shape index (κ1) is 18.2. The first-order chi connectivity index (χ1) is 12.6. The molecule has 0 fully saturated rings. The SMILES string of the molecule is COC(=O)C1=C(CN(C)Cc2ccccc2)NC(=O)N[C@@H]1c1cccs1. The molecular weight excluding hydrogens is 350 g/mol. The molecule has 2 N–H and O–H groups in total. The number of rotatable bonds is 6. The molecule has 2 aromatic rings. The van der Waals surface area contributed by atoms with Crippen LogP contribution >= 0.6 is 11.3 Å². The summed E-state index contributed by atoms with van der Waals surface area (Å²) in [5.41, 5.74) is 2.16. The Morgan fingerprint density at radius 2 is 1.96 bits per heavy atom. The highest BCUT2D eigenvalue weighted by Gasteiger charge is 2.34. The van der Waals surface area contributed by atoms with Gasteiger partial charge in [0, 0.05) is 23.7 Å². The van der Waals surface area contributed by atoms with Crippen LogP contribution in [0.1, 0.15) is 16.5 Å². The third-order valence-electron chi connectivity index (χ3n) is 4.11. The number of amides is 2. The molecule has 1 aromatic carbocycles. The first-order valence-electron chi connectivity index (χ1n) is 8.23. The van der Waals surface area contributed by atoms with Gasteiger partial charge in [0.2, 0.25) is 0 Å². The molecule has 0 unspecified atom stereocenters. The van der Waals surface area contributed by atoms with E-state index < -0.39 is 12.0 Å². The number of carbonyl (C=O) groups is 2. The minimum atomic E-state index is -0.503. The molecule has 1 aliphatic heterocycles. The van der Waals surface area contributed by atoms with E-state index in [1.54, 1.807) is 0 Å². The minimum Gasteiger partial charge on any atom is -0.466 e. The van der Waals surface area contributed by atoms with Crippen molar-refractivity contribution >= 4 is 23.3 Å². The summed E-state index contributed by atoms with van der Waals surface area (Å²) in [5.74, 6) is -0.445. The molecule has 1 atom stereocenters. The maximum atomic E-state index is 12.4. The average Bonchev–Trinajstić information content (AvgIpc) is 3.16. The standard InChI is InChI=1S/C19H21N3O3S/c1-22(11-13-7-4-3-5-8-13)12-14-16(18(23)25-2)17(21-19(24)20-14)15-9-6-10-26-15/h3-10,17H,11-12H2,1-2H3,(H2,20,21,24)/t17-/m1/s1. The maximum Gasteiger partial charge on any atom is 0.338 e. The molecule has 0 spiro atoms. The summed E-state index contributed by atoms with van der Waals surface area (Å²) in [6.07, 6.45) is 0. The minimum absolute atomic E-state index is 0.320. The normalized spacial score (nSPS) is 17.0. The van der Waals surface area contributed by atoms with Gasteiger partial charge in [0.15, 0.2) is 0 Å². The molecule has 1 aliphatic rings. The van der Waals surface area contributed by atoms with Gasteiger partial charge in [-0.15, -0.1) is 11.3 Å². The van der Waals surface area contributed by atoms with Crippen LogP contribution in [-0.4, -0.2) is 37.6 Å². The molecule has 0 bridgehead atoms. The number of methoxy groups -OCH3 is 1. The van der Waals surface area contributed by atoms with Crippen LogP contribution in [-0.2, 0) is 16.1 Å². The van der Waals surface area contributed by atoms with Crippen LogP contribution in [0.5, 0.6) is 0 Å². The lowest BCUT2D eigenvalue weighted by molar-refractivity contribution is -0.136. The molecule has 0 radical (unpaired) electrons. The average molecular weight is 371 g/mol. The fraction of sp³-hybridized carbons (Fsp3) is 0.263. The number of hydrogen-bond donors (Lipinski definition) is 2. The van der Waals surface area contributed by atoms with Gasteiger partial charge in [0.25, 0.3) is 0 Å². The fourth-order valence-electron chi connectivity index (χ4n) is 2.98. The third-order valence-corrected chi connectivity index (χ3v) is 5.05. The van der Waals surface area contributed by atoms with Crippen LogP contribution in [0.25, 0.3) is 0 Å². The van der Waals surface area contributed by atoms with E-state index in [0.717, 1.165) is 10.4 Å². The van der Waals surface area contributed by atoms with E-state index in [2.05, 4.69) is 10.6 Å². The van der Waals surface area contributed by atoms with Gasteiger partial charge < -0.3 is 15.4 Å². The van der Waals surface area contributed by atoms with Crippen LogP contribution < -0.4 is 10.6 Å². The summed E-state index contributed by atoms with van der Waals surface area (Å²) >= 11 is 1.49. The van der Waals surface area contributed by atoms with Crippen molar-refractivity contribution in [3.63, 3.8) is 0 Å². The first-order valence-corrected chi connectivity index (χ1v) is 9.11. The molecule has 3 rings (SSSR count). The summed E-state index contributed by atoms with van der Waals surface area (Å²) in [7, 11) is 3.30. The number of esters is 1. The van der Waals surface area contributed by atoms with Gasteiger partial charge in [-0.3, -0.25) is 4.90 Å². The van der Waals surface area contributed by atoms with Gasteiger partial charge >= 0.3 is 12.0 Å². The predicted molar refractivity (Wildman–Crippen MR) is 101 cm³/mol. The van der Waals surface area contributed by atoms with Crippen LogP contribution in [0, 0.1) is 0 Å². The van der Waals surface area contributed by atoms with Crippen molar-refractivity contribution in [1.82, 2.24) is 15.5 Å². The Kier molecular flexibility index (Phi) is 5.70. The van der Waals surface area contributed by atoms with Crippen LogP contribution in [0.3, 0.4) is 0 Å². The molecule has 2 heterocycles. The zero-order valence-electron chi connectivity index (χ0n) is 14.7. The number of nitrogens with zero attached hydrogens (tertiary/aromatic N) is 1. The van der Waals surface area contributed by atoms with E-state index in [4.69, 9.17) is 4.74 Å². The van der Waals surface area contributed by atoms with Crippen molar-refractivity contribution in [2.75, 3.05) is 20.7 Å². The Labute approximate surface area is 156 Å². The summed E-state index contributed by atoms with van der Waals surface area (Å²) in [4.78, 5) is 27.5. The Balaban J connectivity index is 1.88. The highest BCUT2D eigenvalue weighted by atomic mass is 32.1. The molecule has 7 heteroatoms. The Bertz CT molecular complexity index is 803. The fourth-order valence-corrected chi connectivity index (χ4v) is 3.77. The number of nitrogens with one attached hydrogen (secondary N) is 2. The topological polar surface area (TPSA) is 70.7 Å². The van der Waals surface area contributed by atoms with Gasteiger partial charge in [0.1, 0.15) is 0 Å². The predicted octanol–water partition coefficient (Wildman–Crippen LogP) is 2.66. The lowest BCUT2D eigenvalue weighted by atomic mass is 10.0. The summed E-state index contributed by atoms with van der Waals surface area (Å²) in [5, 5.41) is 7.52. The second-order valence-electron chi connectivity index (χ2n) is 6.09. The zero-order chi connectivity index (χ0) is 18.5. The largest absolute Gasteiger partial charge is 0.466 e. The number of hydrogen-bond acceptors (Lipinski definition) is 5. The summed E-state index contributed by atoms with van der Waals surface area (Å²) in [6.45, 7) is 1.13. The van der Waals surface area contributed by atoms with E-state index in [1.165, 1.54) is 18.4 Å². The van der Waals surface area contributed by atoms with Crippen molar-refractivity contribution < 1.29 is 14.3 Å². The zero-order valence-corrected chi connectivity index (χ0v) is 15.5. The number of likely N-dealkylation sites (N-methyl/N-ethyl adjacent to an activating group) is 1. The van der Waals surface area contributed by atoms with E-state index >= 15 is 0 Å². The number of thiophene rings is 1. The molecule has 0 aliphatic carbocycles. The number of benzene rings is 1.